The molecule has 9 aromatic rings. The first kappa shape index (κ1) is 58.9. The van der Waals surface area contributed by atoms with Crippen LogP contribution >= 0.6 is 56.7 Å². The first-order valence-corrected chi connectivity index (χ1v) is 31.2. The fraction of sp³-hybridized carbons (Fsp3) is 0.182. The van der Waals surface area contributed by atoms with E-state index in [1.807, 2.05) is 56.3 Å². The van der Waals surface area contributed by atoms with Crippen LogP contribution in [0.3, 0.4) is 0 Å². The molecule has 21 heteroatoms. The lowest BCUT2D eigenvalue weighted by molar-refractivity contribution is -0.165. The number of esters is 4. The molecule has 87 heavy (non-hydrogen) atoms. The molecule has 430 valence electrons. The fourth-order valence-corrected chi connectivity index (χ4v) is 16.5. The van der Waals surface area contributed by atoms with Gasteiger partial charge in [0, 0.05) is 53.7 Å². The Morgan fingerprint density at radius 2 is 0.828 bits per heavy atom. The fourth-order valence-electron chi connectivity index (χ4n) is 10.2. The van der Waals surface area contributed by atoms with Crippen LogP contribution in [0.5, 0.6) is 11.5 Å². The summed E-state index contributed by atoms with van der Waals surface area (Å²) in [5.74, 6) is -3.56. The first-order chi connectivity index (χ1) is 42.5. The van der Waals surface area contributed by atoms with Crippen LogP contribution < -0.4 is 9.47 Å². The molecule has 0 saturated carbocycles. The topological polar surface area (TPSA) is 244 Å². The Morgan fingerprint density at radius 3 is 1.22 bits per heavy atom. The van der Waals surface area contributed by atoms with E-state index in [9.17, 15) is 21.0 Å². The molecule has 16 nitrogen and oxygen atoms in total. The highest BCUT2D eigenvalue weighted by Crippen LogP contribution is 2.70. The molecular formula is C66H46N6O10S5. The second-order valence-corrected chi connectivity index (χ2v) is 24.8. The average molecular weight is 1240 g/mol. The molecule has 0 spiro atoms. The Kier molecular flexibility index (Phi) is 17.5. The summed E-state index contributed by atoms with van der Waals surface area (Å²) in [6, 6.07) is 49.6. The first-order valence-electron chi connectivity index (χ1n) is 27.1. The Hall–Kier alpha value is -9.84. The van der Waals surface area contributed by atoms with Crippen LogP contribution in [-0.4, -0.2) is 48.5 Å². The van der Waals surface area contributed by atoms with Gasteiger partial charge in [0.25, 0.3) is 0 Å². The third-order valence-electron chi connectivity index (χ3n) is 14.0. The minimum Gasteiger partial charge on any atom is -0.492 e. The van der Waals surface area contributed by atoms with Crippen LogP contribution in [-0.2, 0) is 75.4 Å². The summed E-state index contributed by atoms with van der Waals surface area (Å²) >= 11 is 5.69. The number of carbonyl (C=O) groups is 4. The summed E-state index contributed by atoms with van der Waals surface area (Å²) in [6.45, 7) is 3.20. The summed E-state index contributed by atoms with van der Waals surface area (Å²) in [5.41, 5.74) is -3.57. The van der Waals surface area contributed by atoms with E-state index in [1.54, 1.807) is 127 Å². The Morgan fingerprint density at radius 1 is 0.448 bits per heavy atom. The summed E-state index contributed by atoms with van der Waals surface area (Å²) in [5, 5.41) is 39.5. The highest BCUT2D eigenvalue weighted by Gasteiger charge is 2.72. The van der Waals surface area contributed by atoms with E-state index in [2.05, 4.69) is 9.98 Å². The summed E-state index contributed by atoms with van der Waals surface area (Å²) in [4.78, 5) is 76.6. The average Bonchev–Trinajstić information content (AvgIpc) is 1.48. The summed E-state index contributed by atoms with van der Waals surface area (Å²) in [6.07, 6.45) is 1.24. The van der Waals surface area contributed by atoms with Crippen molar-refractivity contribution in [1.29, 1.82) is 21.0 Å². The van der Waals surface area contributed by atoms with Gasteiger partial charge in [0.2, 0.25) is 22.3 Å². The second-order valence-electron chi connectivity index (χ2n) is 19.6. The van der Waals surface area contributed by atoms with E-state index >= 15 is 19.2 Å². The standard InChI is InChI=1S/C66H46N6O10S5/c1-3-25-77-46-28-51(71-43(31-67)32-68)86-57(46)48-27-45-56(83-48)53-54(65(45,61(73)79-35-39-17-9-5-10-18-39)62(74)80-36-40-19-11-6-12-20-40)60-55(59-50(85-60)30-49(84-59)58-47(78-26-4-2)29-52(87-58)72-44(33-69)34-70)66(53,63(75)81-37-41-21-13-7-14-22-41)64(76)82-38-42-23-15-8-16-24-42/h5-24,27-30H,3-4,25-26,35-38H2,1-2H3. The molecule has 2 aliphatic carbocycles. The van der Waals surface area contributed by atoms with Gasteiger partial charge >= 0.3 is 23.9 Å². The molecule has 0 saturated heterocycles. The maximum absolute atomic E-state index is 16.5. The van der Waals surface area contributed by atoms with Gasteiger partial charge < -0.3 is 28.4 Å². The number of nitrogens with zero attached hydrogens (tertiary/aromatic N) is 6. The minimum absolute atomic E-state index is 0.0310. The quantitative estimate of drug-likeness (QED) is 0.0265. The SMILES string of the molecule is CCCOc1cc(N=C(C#N)C#N)sc1-c1cc2c(s1)C1=C(c3sc4cc(-c5sc(N=C(C#N)C#N)cc5OCCC)sc4c3C1(C(=O)OCc1ccccc1)C(=O)OCc1ccccc1)C2(C(=O)OCc1ccccc1)C(=O)OCc1ccccc1. The molecule has 0 radical (unpaired) electrons. The number of carbonyl (C=O) groups excluding carboxylic acids is 4. The largest absolute Gasteiger partial charge is 0.492 e. The van der Waals surface area contributed by atoms with Crippen molar-refractivity contribution in [1.82, 2.24) is 0 Å². The van der Waals surface area contributed by atoms with Gasteiger partial charge in [-0.15, -0.1) is 56.7 Å². The van der Waals surface area contributed by atoms with Gasteiger partial charge in [-0.2, -0.15) is 21.0 Å². The van der Waals surface area contributed by atoms with E-state index < -0.39 is 40.4 Å². The zero-order valence-corrected chi connectivity index (χ0v) is 50.4. The van der Waals surface area contributed by atoms with E-state index in [0.29, 0.717) is 87.1 Å². The van der Waals surface area contributed by atoms with Crippen LogP contribution in [0, 0.1) is 45.3 Å². The van der Waals surface area contributed by atoms with Gasteiger partial charge in [0.05, 0.1) is 32.5 Å². The van der Waals surface area contributed by atoms with Gasteiger partial charge in [-0.05, 0) is 47.2 Å². The monoisotopic (exact) mass is 1240 g/mol. The van der Waals surface area contributed by atoms with Gasteiger partial charge in [0.15, 0.2) is 0 Å². The molecule has 4 aromatic carbocycles. The number of nitriles is 4. The van der Waals surface area contributed by atoms with E-state index in [0.717, 1.165) is 34.0 Å². The minimum atomic E-state index is -2.62. The summed E-state index contributed by atoms with van der Waals surface area (Å²) < 4.78 is 39.3. The zero-order valence-electron chi connectivity index (χ0n) is 46.3. The predicted molar refractivity (Wildman–Crippen MR) is 334 cm³/mol. The highest BCUT2D eigenvalue weighted by molar-refractivity contribution is 7.32. The van der Waals surface area contributed by atoms with Crippen LogP contribution in [0.4, 0.5) is 10.0 Å². The Bertz CT molecular complexity index is 4270. The van der Waals surface area contributed by atoms with Crippen molar-refractivity contribution in [2.45, 2.75) is 63.9 Å². The van der Waals surface area contributed by atoms with Crippen molar-refractivity contribution in [3.8, 4) is 55.3 Å². The van der Waals surface area contributed by atoms with Gasteiger partial charge in [-0.1, -0.05) is 135 Å². The van der Waals surface area contributed by atoms with Gasteiger partial charge in [0.1, 0.15) is 72.2 Å². The smallest absolute Gasteiger partial charge is 0.333 e. The maximum atomic E-state index is 16.5. The van der Waals surface area contributed by atoms with Crippen molar-refractivity contribution in [3.05, 3.63) is 189 Å². The number of rotatable bonds is 22. The predicted octanol–water partition coefficient (Wildman–Crippen LogP) is 14.7. The van der Waals surface area contributed by atoms with Crippen molar-refractivity contribution >= 4 is 123 Å². The van der Waals surface area contributed by atoms with Crippen LogP contribution in [0.2, 0.25) is 0 Å². The molecule has 0 unspecified atom stereocenters. The molecule has 0 amide bonds. The molecule has 11 rings (SSSR count). The van der Waals surface area contributed by atoms with Crippen LogP contribution in [0.15, 0.2) is 156 Å². The van der Waals surface area contributed by atoms with Crippen molar-refractivity contribution < 1.29 is 47.6 Å². The third-order valence-corrected chi connectivity index (χ3v) is 20.0. The maximum Gasteiger partial charge on any atom is 0.333 e. The van der Waals surface area contributed by atoms with Crippen LogP contribution in [0.25, 0.3) is 40.1 Å². The highest BCUT2D eigenvalue weighted by atomic mass is 32.1. The van der Waals surface area contributed by atoms with Crippen molar-refractivity contribution in [2.75, 3.05) is 13.2 Å². The molecule has 2 aliphatic rings. The van der Waals surface area contributed by atoms with E-state index in [-0.39, 0.29) is 75.8 Å². The lowest BCUT2D eigenvalue weighted by atomic mass is 9.76. The van der Waals surface area contributed by atoms with Gasteiger partial charge in [-0.25, -0.2) is 9.98 Å². The van der Waals surface area contributed by atoms with E-state index in [4.69, 9.17) is 28.4 Å². The third kappa shape index (κ3) is 11.1. The van der Waals surface area contributed by atoms with Crippen LogP contribution in [0.1, 0.15) is 69.8 Å². The molecule has 0 aliphatic heterocycles. The molecule has 0 N–H and O–H groups in total. The van der Waals surface area contributed by atoms with Crippen molar-refractivity contribution in [2.24, 2.45) is 9.98 Å². The Balaban J connectivity index is 1.23. The normalized spacial score (nSPS) is 12.9. The number of fused-ring (bicyclic) bond motifs is 6. The van der Waals surface area contributed by atoms with Gasteiger partial charge in [-0.3, -0.25) is 19.2 Å². The molecule has 5 heterocycles. The zero-order chi connectivity index (χ0) is 60.7. The number of thiophene rings is 5. The van der Waals surface area contributed by atoms with Crippen molar-refractivity contribution in [3.63, 3.8) is 0 Å². The molecule has 0 atom stereocenters. The Labute approximate surface area is 518 Å². The molecule has 5 aromatic heterocycles. The lowest BCUT2D eigenvalue weighted by Crippen LogP contribution is -2.45. The molecule has 0 fully saturated rings. The number of hydrogen-bond donors (Lipinski definition) is 0. The summed E-state index contributed by atoms with van der Waals surface area (Å²) in [7, 11) is 0. The molecular weight excluding hydrogens is 1200 g/mol. The number of benzene rings is 4. The number of hydrogen-bond acceptors (Lipinski definition) is 21. The molecule has 0 bridgehead atoms. The second kappa shape index (κ2) is 25.8. The number of ether oxygens (including phenoxy) is 6. The lowest BCUT2D eigenvalue weighted by Gasteiger charge is -2.29. The van der Waals surface area contributed by atoms with E-state index in [1.165, 1.54) is 22.7 Å². The number of aliphatic imine (C=N–C) groups is 2.